The normalized spacial score (nSPS) is 14.8. The lowest BCUT2D eigenvalue weighted by Gasteiger charge is -2.27. The van der Waals surface area contributed by atoms with Gasteiger partial charge in [0, 0.05) is 11.9 Å². The quantitative estimate of drug-likeness (QED) is 0.900. The third-order valence-electron chi connectivity index (χ3n) is 3.50. The molecule has 1 saturated heterocycles. The van der Waals surface area contributed by atoms with E-state index in [9.17, 15) is 18.0 Å². The van der Waals surface area contributed by atoms with Crippen molar-refractivity contribution < 1.29 is 22.7 Å². The van der Waals surface area contributed by atoms with E-state index in [2.05, 4.69) is 15.6 Å². The van der Waals surface area contributed by atoms with Gasteiger partial charge in [0.2, 0.25) is 0 Å². The van der Waals surface area contributed by atoms with E-state index in [1.807, 2.05) is 0 Å². The molecule has 8 heteroatoms. The zero-order valence-corrected chi connectivity index (χ0v) is 12.4. The molecule has 0 unspecified atom stereocenters. The molecule has 0 saturated carbocycles. The Bertz CT molecular complexity index is 728. The molecular weight excluding hydrogens is 323 g/mol. The number of nitrogens with zero attached hydrogens (tertiary/aromatic N) is 1. The average molecular weight is 337 g/mol. The van der Waals surface area contributed by atoms with Crippen LogP contribution in [0, 0.1) is 0 Å². The highest BCUT2D eigenvalue weighted by Crippen LogP contribution is 2.30. The van der Waals surface area contributed by atoms with Crippen molar-refractivity contribution in [1.82, 2.24) is 4.98 Å². The molecule has 1 aliphatic heterocycles. The summed E-state index contributed by atoms with van der Waals surface area (Å²) in [5.74, 6) is -0.0409. The summed E-state index contributed by atoms with van der Waals surface area (Å²) in [6, 6.07) is 7.57. The fourth-order valence-corrected chi connectivity index (χ4v) is 2.16. The number of nitrogens with one attached hydrogen (secondary N) is 2. The lowest BCUT2D eigenvalue weighted by Crippen LogP contribution is -2.41. The maximum absolute atomic E-state index is 12.5. The van der Waals surface area contributed by atoms with E-state index >= 15 is 0 Å². The van der Waals surface area contributed by atoms with Crippen molar-refractivity contribution in [3.63, 3.8) is 0 Å². The third kappa shape index (κ3) is 3.65. The number of alkyl halides is 3. The molecule has 0 spiro atoms. The number of hydrogen-bond donors (Lipinski definition) is 2. The molecule has 1 aromatic carbocycles. The zero-order chi connectivity index (χ0) is 17.2. The van der Waals surface area contributed by atoms with Crippen LogP contribution in [0.15, 0.2) is 42.6 Å². The van der Waals surface area contributed by atoms with Crippen molar-refractivity contribution in [2.24, 2.45) is 0 Å². The van der Waals surface area contributed by atoms with Crippen LogP contribution in [0.1, 0.15) is 15.9 Å². The average Bonchev–Trinajstić information content (AvgIpc) is 2.51. The van der Waals surface area contributed by atoms with E-state index in [0.29, 0.717) is 24.6 Å². The monoisotopic (exact) mass is 337 g/mol. The summed E-state index contributed by atoms with van der Waals surface area (Å²) in [5.41, 5.74) is -0.187. The molecule has 1 aromatic heterocycles. The SMILES string of the molecule is O=C(Nc1ccc(C(F)(F)F)cc1)c1cccnc1NC1COC1. The first-order valence-corrected chi connectivity index (χ1v) is 7.21. The van der Waals surface area contributed by atoms with Crippen LogP contribution in [0.25, 0.3) is 0 Å². The topological polar surface area (TPSA) is 63.2 Å². The molecule has 1 amide bonds. The van der Waals surface area contributed by atoms with Gasteiger partial charge < -0.3 is 15.4 Å². The molecule has 0 aliphatic carbocycles. The molecule has 2 heterocycles. The summed E-state index contributed by atoms with van der Waals surface area (Å²) >= 11 is 0. The summed E-state index contributed by atoms with van der Waals surface area (Å²) in [6.07, 6.45) is -2.86. The van der Waals surface area contributed by atoms with Gasteiger partial charge in [-0.05, 0) is 36.4 Å². The van der Waals surface area contributed by atoms with Crippen molar-refractivity contribution in [2.45, 2.75) is 12.2 Å². The number of anilines is 2. The zero-order valence-electron chi connectivity index (χ0n) is 12.4. The van der Waals surface area contributed by atoms with E-state index in [1.165, 1.54) is 12.1 Å². The third-order valence-corrected chi connectivity index (χ3v) is 3.50. The number of carbonyl (C=O) groups is 1. The second-order valence-corrected chi connectivity index (χ2v) is 5.31. The van der Waals surface area contributed by atoms with Gasteiger partial charge in [-0.25, -0.2) is 4.98 Å². The smallest absolute Gasteiger partial charge is 0.377 e. The Morgan fingerprint density at radius 3 is 2.46 bits per heavy atom. The summed E-state index contributed by atoms with van der Waals surface area (Å²) < 4.78 is 42.7. The Morgan fingerprint density at radius 1 is 1.17 bits per heavy atom. The minimum absolute atomic E-state index is 0.0949. The van der Waals surface area contributed by atoms with Gasteiger partial charge in [0.15, 0.2) is 0 Å². The number of halogens is 3. The standard InChI is InChI=1S/C16H14F3N3O2/c17-16(18,19)10-3-5-11(6-4-10)22-15(23)13-2-1-7-20-14(13)21-12-8-24-9-12/h1-7,12H,8-9H2,(H,20,21)(H,22,23). The van der Waals surface area contributed by atoms with Crippen LogP contribution in [-0.4, -0.2) is 30.1 Å². The van der Waals surface area contributed by atoms with Crippen LogP contribution in [0.4, 0.5) is 24.7 Å². The summed E-state index contributed by atoms with van der Waals surface area (Å²) in [5, 5.41) is 5.67. The number of hydrogen-bond acceptors (Lipinski definition) is 4. The van der Waals surface area contributed by atoms with Crippen molar-refractivity contribution >= 4 is 17.4 Å². The number of pyridine rings is 1. The van der Waals surface area contributed by atoms with Crippen LogP contribution < -0.4 is 10.6 Å². The highest BCUT2D eigenvalue weighted by atomic mass is 19.4. The van der Waals surface area contributed by atoms with E-state index in [4.69, 9.17) is 4.74 Å². The fraction of sp³-hybridized carbons (Fsp3) is 0.250. The summed E-state index contributed by atoms with van der Waals surface area (Å²) in [4.78, 5) is 16.5. The summed E-state index contributed by atoms with van der Waals surface area (Å²) in [6.45, 7) is 1.08. The molecule has 2 N–H and O–H groups in total. The molecular formula is C16H14F3N3O2. The van der Waals surface area contributed by atoms with Gasteiger partial charge in [-0.2, -0.15) is 13.2 Å². The molecule has 126 valence electrons. The molecule has 24 heavy (non-hydrogen) atoms. The van der Waals surface area contributed by atoms with Gasteiger partial charge >= 0.3 is 6.18 Å². The number of ether oxygens (including phenoxy) is 1. The lowest BCUT2D eigenvalue weighted by atomic mass is 10.1. The van der Waals surface area contributed by atoms with Gasteiger partial charge in [0.25, 0.3) is 5.91 Å². The Hall–Kier alpha value is -2.61. The van der Waals surface area contributed by atoms with Crippen LogP contribution >= 0.6 is 0 Å². The molecule has 0 bridgehead atoms. The Balaban J connectivity index is 1.73. The first kappa shape index (κ1) is 16.3. The van der Waals surface area contributed by atoms with Crippen LogP contribution in [0.2, 0.25) is 0 Å². The molecule has 2 aromatic rings. The van der Waals surface area contributed by atoms with Crippen molar-refractivity contribution in [3.8, 4) is 0 Å². The minimum Gasteiger partial charge on any atom is -0.377 e. The minimum atomic E-state index is -4.41. The van der Waals surface area contributed by atoms with Gasteiger partial charge in [0.1, 0.15) is 5.82 Å². The second-order valence-electron chi connectivity index (χ2n) is 5.31. The Kier molecular flexibility index (Phi) is 4.39. The first-order valence-electron chi connectivity index (χ1n) is 7.21. The van der Waals surface area contributed by atoms with E-state index in [-0.39, 0.29) is 11.7 Å². The van der Waals surface area contributed by atoms with Gasteiger partial charge in [-0.3, -0.25) is 4.79 Å². The van der Waals surface area contributed by atoms with Gasteiger partial charge in [-0.1, -0.05) is 0 Å². The molecule has 3 rings (SSSR count). The largest absolute Gasteiger partial charge is 0.416 e. The number of carbonyl (C=O) groups excluding carboxylic acids is 1. The highest BCUT2D eigenvalue weighted by molar-refractivity contribution is 6.07. The van der Waals surface area contributed by atoms with E-state index < -0.39 is 17.6 Å². The lowest BCUT2D eigenvalue weighted by molar-refractivity contribution is -0.137. The maximum atomic E-state index is 12.5. The van der Waals surface area contributed by atoms with E-state index in [1.54, 1.807) is 18.3 Å². The van der Waals surface area contributed by atoms with Gasteiger partial charge in [0.05, 0.1) is 30.4 Å². The number of benzene rings is 1. The number of amides is 1. The van der Waals surface area contributed by atoms with Gasteiger partial charge in [-0.15, -0.1) is 0 Å². The van der Waals surface area contributed by atoms with Crippen LogP contribution in [-0.2, 0) is 10.9 Å². The predicted molar refractivity (Wildman–Crippen MR) is 81.9 cm³/mol. The predicted octanol–water partition coefficient (Wildman–Crippen LogP) is 3.16. The highest BCUT2D eigenvalue weighted by Gasteiger charge is 2.30. The maximum Gasteiger partial charge on any atom is 0.416 e. The van der Waals surface area contributed by atoms with E-state index in [0.717, 1.165) is 12.1 Å². The number of rotatable bonds is 4. The number of aromatic nitrogens is 1. The molecule has 1 fully saturated rings. The molecule has 1 aliphatic rings. The Labute approximate surface area is 135 Å². The van der Waals surface area contributed by atoms with Crippen LogP contribution in [0.3, 0.4) is 0 Å². The fourth-order valence-electron chi connectivity index (χ4n) is 2.16. The van der Waals surface area contributed by atoms with Crippen LogP contribution in [0.5, 0.6) is 0 Å². The van der Waals surface area contributed by atoms with Crippen molar-refractivity contribution in [1.29, 1.82) is 0 Å². The second kappa shape index (κ2) is 6.48. The van der Waals surface area contributed by atoms with Crippen molar-refractivity contribution in [2.75, 3.05) is 23.8 Å². The molecule has 5 nitrogen and oxygen atoms in total. The Morgan fingerprint density at radius 2 is 1.88 bits per heavy atom. The first-order chi connectivity index (χ1) is 11.4. The molecule has 0 radical (unpaired) electrons. The summed E-state index contributed by atoms with van der Waals surface area (Å²) in [7, 11) is 0. The molecule has 0 atom stereocenters. The van der Waals surface area contributed by atoms with Crippen molar-refractivity contribution in [3.05, 3.63) is 53.7 Å².